The fourth-order valence-electron chi connectivity index (χ4n) is 3.14. The van der Waals surface area contributed by atoms with E-state index in [1.54, 1.807) is 6.07 Å². The molecule has 1 saturated heterocycles. The smallest absolute Gasteiger partial charge is 0.338 e. The molecule has 33 heavy (non-hydrogen) atoms. The molecule has 0 unspecified atom stereocenters. The lowest BCUT2D eigenvalue weighted by Crippen LogP contribution is -2.43. The van der Waals surface area contributed by atoms with E-state index in [2.05, 4.69) is 10.9 Å². The quantitative estimate of drug-likeness (QED) is 0.442. The second-order valence-corrected chi connectivity index (χ2v) is 9.43. The number of rotatable bonds is 7. The maximum Gasteiger partial charge on any atom is 0.338 e. The zero-order valence-corrected chi connectivity index (χ0v) is 19.2. The Bertz CT molecular complexity index is 1150. The molecule has 0 aliphatic carbocycles. The Morgan fingerprint density at radius 2 is 1.70 bits per heavy atom. The van der Waals surface area contributed by atoms with Crippen LogP contribution in [0.1, 0.15) is 33.6 Å². The van der Waals surface area contributed by atoms with Gasteiger partial charge in [-0.2, -0.15) is 4.31 Å². The Hall–Kier alpha value is -3.15. The van der Waals surface area contributed by atoms with Crippen LogP contribution in [-0.2, 0) is 19.6 Å². The maximum atomic E-state index is 12.5. The van der Waals surface area contributed by atoms with E-state index >= 15 is 0 Å². The van der Waals surface area contributed by atoms with Gasteiger partial charge in [-0.3, -0.25) is 20.4 Å². The number of benzene rings is 2. The zero-order chi connectivity index (χ0) is 24.0. The molecule has 0 radical (unpaired) electrons. The summed E-state index contributed by atoms with van der Waals surface area (Å²) in [7, 11) is -2.21. The van der Waals surface area contributed by atoms with E-state index in [-0.39, 0.29) is 21.8 Å². The predicted molar refractivity (Wildman–Crippen MR) is 118 cm³/mol. The highest BCUT2D eigenvalue weighted by molar-refractivity contribution is 7.89. The first kappa shape index (κ1) is 24.5. The van der Waals surface area contributed by atoms with Gasteiger partial charge in [-0.1, -0.05) is 11.6 Å². The molecule has 0 saturated carbocycles. The summed E-state index contributed by atoms with van der Waals surface area (Å²) in [6, 6.07) is 9.69. The molecular formula is C21H22ClN3O7S. The summed E-state index contributed by atoms with van der Waals surface area (Å²) in [5, 5.41) is 0.306. The van der Waals surface area contributed by atoms with Crippen molar-refractivity contribution in [2.24, 2.45) is 0 Å². The first-order valence-corrected chi connectivity index (χ1v) is 11.7. The van der Waals surface area contributed by atoms with Gasteiger partial charge < -0.3 is 9.47 Å². The zero-order valence-electron chi connectivity index (χ0n) is 17.7. The van der Waals surface area contributed by atoms with E-state index in [1.165, 1.54) is 47.8 Å². The molecule has 10 nitrogen and oxygen atoms in total. The first-order chi connectivity index (χ1) is 15.7. The molecule has 1 heterocycles. The number of nitrogens with one attached hydrogen (secondary N) is 2. The number of carbonyl (C=O) groups is 3. The summed E-state index contributed by atoms with van der Waals surface area (Å²) in [4.78, 5) is 36.4. The molecule has 0 bridgehead atoms. The monoisotopic (exact) mass is 495 g/mol. The van der Waals surface area contributed by atoms with Crippen LogP contribution in [0, 0.1) is 0 Å². The SMILES string of the molecule is COc1ccc(Cl)cc1C(=O)NNC(=O)COC(=O)c1ccc(S(=O)(=O)N2CCCC2)cc1. The van der Waals surface area contributed by atoms with Crippen molar-refractivity contribution < 1.29 is 32.3 Å². The number of esters is 1. The maximum absolute atomic E-state index is 12.5. The molecule has 2 N–H and O–H groups in total. The summed E-state index contributed by atoms with van der Waals surface area (Å²) >= 11 is 5.87. The molecule has 0 atom stereocenters. The van der Waals surface area contributed by atoms with Gasteiger partial charge in [0.1, 0.15) is 5.75 Å². The standard InChI is InChI=1S/C21H22ClN3O7S/c1-31-18-9-6-15(22)12-17(18)20(27)24-23-19(26)13-32-21(28)14-4-7-16(8-5-14)33(29,30)25-10-2-3-11-25/h4-9,12H,2-3,10-11,13H2,1H3,(H,23,26)(H,24,27). The van der Waals surface area contributed by atoms with Gasteiger partial charge in [0.15, 0.2) is 6.61 Å². The highest BCUT2D eigenvalue weighted by atomic mass is 35.5. The number of methoxy groups -OCH3 is 1. The van der Waals surface area contributed by atoms with Gasteiger partial charge in [-0.15, -0.1) is 0 Å². The molecule has 176 valence electrons. The van der Waals surface area contributed by atoms with Crippen molar-refractivity contribution in [3.63, 3.8) is 0 Å². The van der Waals surface area contributed by atoms with Crippen LogP contribution in [0.5, 0.6) is 5.75 Å². The van der Waals surface area contributed by atoms with Gasteiger partial charge in [-0.05, 0) is 55.3 Å². The van der Waals surface area contributed by atoms with Crippen molar-refractivity contribution >= 4 is 39.4 Å². The minimum Gasteiger partial charge on any atom is -0.496 e. The van der Waals surface area contributed by atoms with Crippen molar-refractivity contribution in [1.29, 1.82) is 0 Å². The second-order valence-electron chi connectivity index (χ2n) is 7.06. The molecule has 1 aliphatic rings. The molecule has 2 aromatic rings. The van der Waals surface area contributed by atoms with Crippen LogP contribution >= 0.6 is 11.6 Å². The number of halogens is 1. The van der Waals surface area contributed by atoms with Crippen molar-refractivity contribution in [3.05, 3.63) is 58.6 Å². The number of hydrogen-bond donors (Lipinski definition) is 2. The number of carbonyl (C=O) groups excluding carboxylic acids is 3. The molecule has 3 rings (SSSR count). The lowest BCUT2D eigenvalue weighted by atomic mass is 10.2. The minimum atomic E-state index is -3.59. The Kier molecular flexibility index (Phi) is 7.90. The van der Waals surface area contributed by atoms with E-state index in [1.807, 2.05) is 0 Å². The minimum absolute atomic E-state index is 0.0795. The molecule has 0 aromatic heterocycles. The summed E-state index contributed by atoms with van der Waals surface area (Å²) in [5.41, 5.74) is 4.48. The molecule has 0 spiro atoms. The van der Waals surface area contributed by atoms with E-state index in [9.17, 15) is 22.8 Å². The average Bonchev–Trinajstić information content (AvgIpc) is 3.37. The van der Waals surface area contributed by atoms with Gasteiger partial charge in [0.05, 0.1) is 23.1 Å². The number of hydrazine groups is 1. The fraction of sp³-hybridized carbons (Fsp3) is 0.286. The van der Waals surface area contributed by atoms with E-state index in [0.717, 1.165) is 12.8 Å². The first-order valence-electron chi connectivity index (χ1n) is 9.92. The third-order valence-electron chi connectivity index (χ3n) is 4.85. The van der Waals surface area contributed by atoms with Crippen LogP contribution in [0.3, 0.4) is 0 Å². The summed E-state index contributed by atoms with van der Waals surface area (Å²) in [6.07, 6.45) is 1.64. The summed E-state index contributed by atoms with van der Waals surface area (Å²) in [5.74, 6) is -2.03. The largest absolute Gasteiger partial charge is 0.496 e. The summed E-state index contributed by atoms with van der Waals surface area (Å²) in [6.45, 7) is 0.281. The lowest BCUT2D eigenvalue weighted by molar-refractivity contribution is -0.125. The highest BCUT2D eigenvalue weighted by Crippen LogP contribution is 2.23. The highest BCUT2D eigenvalue weighted by Gasteiger charge is 2.27. The Morgan fingerprint density at radius 1 is 1.03 bits per heavy atom. The van der Waals surface area contributed by atoms with Crippen molar-refractivity contribution in [2.75, 3.05) is 26.8 Å². The molecule has 1 fully saturated rings. The third-order valence-corrected chi connectivity index (χ3v) is 7.00. The van der Waals surface area contributed by atoms with Gasteiger partial charge in [0.25, 0.3) is 11.8 Å². The predicted octanol–water partition coefficient (Wildman–Crippen LogP) is 1.75. The van der Waals surface area contributed by atoms with Crippen molar-refractivity contribution in [3.8, 4) is 5.75 Å². The van der Waals surface area contributed by atoms with Crippen LogP contribution in [-0.4, -0.2) is 57.3 Å². The third kappa shape index (κ3) is 6.01. The Balaban J connectivity index is 1.51. The topological polar surface area (TPSA) is 131 Å². The molecule has 12 heteroatoms. The van der Waals surface area contributed by atoms with Gasteiger partial charge >= 0.3 is 5.97 Å². The van der Waals surface area contributed by atoms with E-state index in [4.69, 9.17) is 21.1 Å². The number of sulfonamides is 1. The number of ether oxygens (including phenoxy) is 2. The normalized spacial score (nSPS) is 13.9. The van der Waals surface area contributed by atoms with Crippen LogP contribution < -0.4 is 15.6 Å². The van der Waals surface area contributed by atoms with Crippen molar-refractivity contribution in [2.45, 2.75) is 17.7 Å². The molecule has 1 aliphatic heterocycles. The summed E-state index contributed by atoms with van der Waals surface area (Å²) < 4.78 is 36.4. The molecule has 2 amide bonds. The molecule has 2 aromatic carbocycles. The van der Waals surface area contributed by atoms with Crippen LogP contribution in [0.4, 0.5) is 0 Å². The van der Waals surface area contributed by atoms with Crippen LogP contribution in [0.2, 0.25) is 5.02 Å². The van der Waals surface area contributed by atoms with Gasteiger partial charge in [0, 0.05) is 18.1 Å². The van der Waals surface area contributed by atoms with E-state index < -0.39 is 34.4 Å². The molecular weight excluding hydrogens is 474 g/mol. The average molecular weight is 496 g/mol. The van der Waals surface area contributed by atoms with Crippen molar-refractivity contribution in [1.82, 2.24) is 15.2 Å². The number of amides is 2. The number of nitrogens with zero attached hydrogens (tertiary/aromatic N) is 1. The Morgan fingerprint density at radius 3 is 2.33 bits per heavy atom. The van der Waals surface area contributed by atoms with E-state index in [0.29, 0.717) is 18.1 Å². The second kappa shape index (κ2) is 10.6. The Labute approximate surface area is 195 Å². The van der Waals surface area contributed by atoms with Crippen LogP contribution in [0.15, 0.2) is 47.4 Å². The van der Waals surface area contributed by atoms with Crippen LogP contribution in [0.25, 0.3) is 0 Å². The number of hydrogen-bond acceptors (Lipinski definition) is 7. The van der Waals surface area contributed by atoms with Gasteiger partial charge in [0.2, 0.25) is 10.0 Å². The lowest BCUT2D eigenvalue weighted by Gasteiger charge is -2.15. The van der Waals surface area contributed by atoms with Gasteiger partial charge in [-0.25, -0.2) is 13.2 Å². The fourth-order valence-corrected chi connectivity index (χ4v) is 4.83.